The Hall–Kier alpha value is -4.48. The quantitative estimate of drug-likeness (QED) is 0.0424. The largest absolute Gasteiger partial charge is 0.449 e. The summed E-state index contributed by atoms with van der Waals surface area (Å²) in [6, 6.07) is 15.3. The summed E-state index contributed by atoms with van der Waals surface area (Å²) in [5.41, 5.74) is 2.80. The number of rotatable bonds is 36. The molecule has 0 unspecified atom stereocenters. The number of amides is 4. The predicted molar refractivity (Wildman–Crippen MR) is 336 cm³/mol. The van der Waals surface area contributed by atoms with E-state index in [0.717, 1.165) is 22.3 Å². The average molecular weight is 1290 g/mol. The molecule has 0 spiro atoms. The Balaban J connectivity index is 1.18. The highest BCUT2D eigenvalue weighted by Crippen LogP contribution is 2.45. The molecule has 91 heavy (non-hydrogen) atoms. The van der Waals surface area contributed by atoms with Gasteiger partial charge in [0.25, 0.3) is 0 Å². The van der Waals surface area contributed by atoms with Crippen molar-refractivity contribution < 1.29 is 98.3 Å². The van der Waals surface area contributed by atoms with Crippen molar-refractivity contribution in [1.82, 2.24) is 20.0 Å². The van der Waals surface area contributed by atoms with Crippen molar-refractivity contribution in [2.75, 3.05) is 46.1 Å². The van der Waals surface area contributed by atoms with E-state index in [2.05, 4.69) is 5.32 Å². The Morgan fingerprint density at radius 3 is 1.07 bits per heavy atom. The summed E-state index contributed by atoms with van der Waals surface area (Å²) in [5, 5.41) is 95.5. The minimum Gasteiger partial charge on any atom is -0.449 e. The van der Waals surface area contributed by atoms with Crippen molar-refractivity contribution in [2.24, 2.45) is 0 Å². The van der Waals surface area contributed by atoms with Crippen LogP contribution in [0.1, 0.15) is 176 Å². The highest BCUT2D eigenvalue weighted by molar-refractivity contribution is 5.80. The van der Waals surface area contributed by atoms with E-state index in [9.17, 15) is 65.1 Å². The van der Waals surface area contributed by atoms with E-state index >= 15 is 0 Å². The molecule has 3 heterocycles. The van der Waals surface area contributed by atoms with Gasteiger partial charge in [-0.05, 0) is 162 Å². The molecule has 0 bridgehead atoms. The van der Waals surface area contributed by atoms with E-state index < -0.39 is 104 Å². The van der Waals surface area contributed by atoms with Crippen molar-refractivity contribution in [2.45, 2.75) is 280 Å². The Morgan fingerprint density at radius 1 is 0.451 bits per heavy atom. The molecule has 0 radical (unpaired) electrons. The summed E-state index contributed by atoms with van der Waals surface area (Å²) in [7, 11) is 0. The summed E-state index contributed by atoms with van der Waals surface area (Å²) in [6.45, 7) is 18.0. The number of carbonyl (C=O) groups excluding carboxylic acids is 4. The number of fused-ring (bicyclic) bond motifs is 3. The van der Waals surface area contributed by atoms with Crippen LogP contribution in [-0.2, 0) is 47.5 Å². The summed E-state index contributed by atoms with van der Waals surface area (Å²) >= 11 is 0. The molecule has 3 saturated heterocycles. The number of alkyl carbamates (subject to hydrolysis) is 1. The van der Waals surface area contributed by atoms with Crippen LogP contribution in [0.3, 0.4) is 0 Å². The Morgan fingerprint density at radius 2 is 0.758 bits per heavy atom. The molecule has 10 N–H and O–H groups in total. The standard InChI is InChI=1S/C67H108N4O20/c1-40(2)69(33-17-10-20-36-85-63-60(81)57(78)54(75)43(7)89-63)51(72)27-30-67(68-66(84)88-39-50-48-25-15-13-23-46(48)47-24-14-16-26-49(47)50,31-28-52(73)70(41(3)4)34-18-11-21-37-86-64-61(82)58(79)55(76)44(8)90-64)32-29-53(74)71(42(5)6)35-19-12-22-38-87-65-62(83)59(80)56(77)45(9)91-65/h13-16,23-26,40-45,50,54-65,75-83H,10-12,17-22,27-39H2,1-9H3,(H,68,84)/t43-,44-,45-,54+,55+,56+,57+,58+,59+,60-,61-,62-,63-,64-,65-/m0/s1. The second-order valence-corrected chi connectivity index (χ2v) is 26.1. The number of benzene rings is 2. The van der Waals surface area contributed by atoms with Crippen LogP contribution in [-0.4, -0.2) is 246 Å². The molecule has 24 heteroatoms. The molecule has 4 aliphatic rings. The average Bonchev–Trinajstić information content (AvgIpc) is 1.68. The van der Waals surface area contributed by atoms with Crippen molar-refractivity contribution in [1.29, 1.82) is 0 Å². The Kier molecular flexibility index (Phi) is 30.2. The number of ether oxygens (including phenoxy) is 7. The highest BCUT2D eigenvalue weighted by atomic mass is 16.7. The van der Waals surface area contributed by atoms with Gasteiger partial charge in [0.2, 0.25) is 17.7 Å². The molecule has 24 nitrogen and oxygen atoms in total. The van der Waals surface area contributed by atoms with Gasteiger partial charge in [-0.2, -0.15) is 0 Å². The maximum atomic E-state index is 14.7. The van der Waals surface area contributed by atoms with Gasteiger partial charge in [0, 0.05) is 88.3 Å². The fraction of sp³-hybridized carbons (Fsp3) is 0.761. The lowest BCUT2D eigenvalue weighted by Crippen LogP contribution is -2.57. The first-order valence-electron chi connectivity index (χ1n) is 33.2. The second kappa shape index (κ2) is 36.4. The third-order valence-electron chi connectivity index (χ3n) is 18.4. The fourth-order valence-corrected chi connectivity index (χ4v) is 12.6. The third-order valence-corrected chi connectivity index (χ3v) is 18.4. The Labute approximate surface area is 537 Å². The van der Waals surface area contributed by atoms with Crippen LogP contribution in [0.4, 0.5) is 4.79 Å². The SMILES string of the molecule is CC(C)N(CCCCCO[C@H]1O[C@@H](C)[C@@H](O)[C@@H](O)[C@@H]1O)C(=O)CCC(CCC(=O)N(CCCCCO[C@H]1O[C@@H](C)[C@@H](O)[C@@H](O)[C@@H]1O)C(C)C)(CCC(=O)N(CCCCCO[C@H]1O[C@@H](C)[C@@H](O)[C@@H](O)[C@@H]1O)C(C)C)NC(=O)OCC1c2ccccc2-c2ccccc21. The monoisotopic (exact) mass is 1290 g/mol. The molecular weight excluding hydrogens is 1180 g/mol. The van der Waals surface area contributed by atoms with Crippen molar-refractivity contribution >= 4 is 23.8 Å². The van der Waals surface area contributed by atoms with E-state index in [1.54, 1.807) is 35.5 Å². The van der Waals surface area contributed by atoms with E-state index in [1.807, 2.05) is 90.1 Å². The maximum absolute atomic E-state index is 14.7. The van der Waals surface area contributed by atoms with Crippen LogP contribution in [0.2, 0.25) is 0 Å². The first-order chi connectivity index (χ1) is 43.3. The minimum atomic E-state index is -1.42. The van der Waals surface area contributed by atoms with Gasteiger partial charge in [-0.15, -0.1) is 0 Å². The molecule has 0 aromatic heterocycles. The smallest absolute Gasteiger partial charge is 0.407 e. The van der Waals surface area contributed by atoms with Crippen LogP contribution < -0.4 is 5.32 Å². The van der Waals surface area contributed by atoms with Crippen molar-refractivity contribution in [3.05, 3.63) is 59.7 Å². The Bertz CT molecular complexity index is 2320. The van der Waals surface area contributed by atoms with Gasteiger partial charge in [-0.1, -0.05) is 48.5 Å². The molecule has 4 amide bonds. The maximum Gasteiger partial charge on any atom is 0.407 e. The van der Waals surface area contributed by atoms with Crippen molar-refractivity contribution in [3.8, 4) is 11.1 Å². The van der Waals surface area contributed by atoms with E-state index in [0.29, 0.717) is 77.4 Å². The molecule has 3 fully saturated rings. The van der Waals surface area contributed by atoms with Gasteiger partial charge in [-0.25, -0.2) is 4.79 Å². The molecule has 516 valence electrons. The van der Waals surface area contributed by atoms with E-state index in [1.165, 1.54) is 0 Å². The minimum absolute atomic E-state index is 0.00732. The third kappa shape index (κ3) is 21.0. The number of unbranched alkanes of at least 4 members (excludes halogenated alkanes) is 6. The number of hydrogen-bond acceptors (Lipinski definition) is 20. The van der Waals surface area contributed by atoms with Crippen LogP contribution in [0.25, 0.3) is 11.1 Å². The molecule has 6 rings (SSSR count). The van der Waals surface area contributed by atoms with Crippen LogP contribution in [0.15, 0.2) is 48.5 Å². The molecule has 2 aromatic rings. The lowest BCUT2D eigenvalue weighted by molar-refractivity contribution is -0.293. The van der Waals surface area contributed by atoms with Crippen LogP contribution in [0, 0.1) is 0 Å². The van der Waals surface area contributed by atoms with Gasteiger partial charge in [0.15, 0.2) is 18.9 Å². The number of carbonyl (C=O) groups is 4. The van der Waals surface area contributed by atoms with E-state index in [4.69, 9.17) is 33.2 Å². The predicted octanol–water partition coefficient (Wildman–Crippen LogP) is 4.36. The zero-order valence-electron chi connectivity index (χ0n) is 55.0. The van der Waals surface area contributed by atoms with Crippen LogP contribution >= 0.6 is 0 Å². The molecule has 1 aliphatic carbocycles. The van der Waals surface area contributed by atoms with E-state index in [-0.39, 0.29) is 107 Å². The zero-order valence-corrected chi connectivity index (χ0v) is 55.0. The number of nitrogens with one attached hydrogen (secondary N) is 1. The topological polar surface area (TPSA) is 337 Å². The summed E-state index contributed by atoms with van der Waals surface area (Å²) < 4.78 is 40.2. The van der Waals surface area contributed by atoms with Gasteiger partial charge < -0.3 is 99.1 Å². The number of nitrogens with zero attached hydrogens (tertiary/aromatic N) is 3. The zero-order chi connectivity index (χ0) is 66.7. The number of hydrogen-bond donors (Lipinski definition) is 10. The molecule has 0 saturated carbocycles. The molecule has 2 aromatic carbocycles. The number of aliphatic hydroxyl groups excluding tert-OH is 9. The first kappa shape index (κ1) is 75.5. The summed E-state index contributed by atoms with van der Waals surface area (Å²) in [4.78, 5) is 64.0. The molecule has 15 atom stereocenters. The highest BCUT2D eigenvalue weighted by Gasteiger charge is 2.45. The fourth-order valence-electron chi connectivity index (χ4n) is 12.6. The lowest BCUT2D eigenvalue weighted by Gasteiger charge is -2.39. The summed E-state index contributed by atoms with van der Waals surface area (Å²) in [6.07, 6.45) is -13.2. The van der Waals surface area contributed by atoms with Gasteiger partial charge in [-0.3, -0.25) is 14.4 Å². The lowest BCUT2D eigenvalue weighted by atomic mass is 9.83. The van der Waals surface area contributed by atoms with Crippen molar-refractivity contribution in [3.63, 3.8) is 0 Å². The van der Waals surface area contributed by atoms with Gasteiger partial charge in [0.1, 0.15) is 61.5 Å². The number of aliphatic hydroxyl groups is 9. The van der Waals surface area contributed by atoms with Crippen LogP contribution in [0.5, 0.6) is 0 Å². The molecular formula is C67H108N4O20. The molecule has 3 aliphatic heterocycles. The van der Waals surface area contributed by atoms with Gasteiger partial charge >= 0.3 is 6.09 Å². The normalized spacial score (nSPS) is 27.6. The second-order valence-electron chi connectivity index (χ2n) is 26.1. The van der Waals surface area contributed by atoms with Gasteiger partial charge in [0.05, 0.1) is 18.3 Å². The first-order valence-corrected chi connectivity index (χ1v) is 33.2. The summed E-state index contributed by atoms with van der Waals surface area (Å²) in [5.74, 6) is -0.841.